The van der Waals surface area contributed by atoms with Crippen molar-refractivity contribution in [2.24, 2.45) is 11.5 Å². The van der Waals surface area contributed by atoms with Gasteiger partial charge in [-0.15, -0.1) is 0 Å². The van der Waals surface area contributed by atoms with Gasteiger partial charge in [0.25, 0.3) is 11.8 Å². The van der Waals surface area contributed by atoms with Crippen LogP contribution in [0.3, 0.4) is 0 Å². The molecule has 2 aromatic carbocycles. The number of anilines is 2. The van der Waals surface area contributed by atoms with E-state index in [1.807, 2.05) is 42.5 Å². The molecule has 308 valence electrons. The minimum absolute atomic E-state index is 0.0354. The van der Waals surface area contributed by atoms with Crippen molar-refractivity contribution in [3.63, 3.8) is 0 Å². The van der Waals surface area contributed by atoms with Gasteiger partial charge in [-0.05, 0) is 78.9 Å². The summed E-state index contributed by atoms with van der Waals surface area (Å²) in [5.41, 5.74) is 15.7. The molecule has 18 heteroatoms. The molecule has 14 nitrogen and oxygen atoms in total. The van der Waals surface area contributed by atoms with E-state index < -0.39 is 18.9 Å². The number of rotatable bonds is 10. The van der Waals surface area contributed by atoms with Crippen molar-refractivity contribution in [2.45, 2.75) is 25.0 Å². The average molecular weight is 914 g/mol. The summed E-state index contributed by atoms with van der Waals surface area (Å²) in [6, 6.07) is 28.8. The Kier molecular flexibility index (Phi) is 15.3. The second-order valence-electron chi connectivity index (χ2n) is 13.5. The number of pyridine rings is 4. The molecule has 6 N–H and O–H groups in total. The Balaban J connectivity index is 0.000000169. The minimum atomic E-state index is -1.45. The number of halogens is 3. The molecule has 0 unspecified atom stereocenters. The predicted molar refractivity (Wildman–Crippen MR) is 236 cm³/mol. The van der Waals surface area contributed by atoms with E-state index >= 15 is 0 Å². The van der Waals surface area contributed by atoms with Crippen LogP contribution in [0.1, 0.15) is 33.6 Å². The van der Waals surface area contributed by atoms with Crippen molar-refractivity contribution in [1.82, 2.24) is 19.9 Å². The van der Waals surface area contributed by atoms with Crippen LogP contribution in [0.2, 0.25) is 10.0 Å². The van der Waals surface area contributed by atoms with Gasteiger partial charge in [0.05, 0.1) is 35.5 Å². The average Bonchev–Trinajstić information content (AvgIpc) is 3.93. The highest BCUT2D eigenvalue weighted by Gasteiger charge is 2.29. The zero-order chi connectivity index (χ0) is 42.6. The number of carbonyl (C=O) groups is 2. The molecule has 2 aliphatic heterocycles. The largest absolute Gasteiger partial charge is 0.508 e. The third-order valence-electron chi connectivity index (χ3n) is 9.38. The van der Waals surface area contributed by atoms with Gasteiger partial charge in [-0.3, -0.25) is 19.6 Å². The number of nitrogens with two attached hydrogens (primary N) is 2. The molecule has 8 rings (SSSR count). The van der Waals surface area contributed by atoms with E-state index in [1.165, 1.54) is 6.20 Å². The molecule has 2 aliphatic rings. The lowest BCUT2D eigenvalue weighted by atomic mass is 9.86. The minimum Gasteiger partial charge on any atom is -0.471 e. The van der Waals surface area contributed by atoms with Crippen LogP contribution in [0.4, 0.5) is 11.4 Å². The topological polar surface area (TPSA) is 203 Å². The van der Waals surface area contributed by atoms with Crippen LogP contribution in [-0.2, 0) is 0 Å². The zero-order valence-corrected chi connectivity index (χ0v) is 35.1. The number of aromatic nitrogens is 4. The molecule has 2 fully saturated rings. The number of hydrogen-bond acceptors (Lipinski definition) is 12. The van der Waals surface area contributed by atoms with E-state index in [9.17, 15) is 9.59 Å². The van der Waals surface area contributed by atoms with Crippen LogP contribution in [0.5, 0.6) is 11.8 Å². The first kappa shape index (κ1) is 43.8. The third-order valence-corrected chi connectivity index (χ3v) is 10.4. The lowest BCUT2D eigenvalue weighted by molar-refractivity contribution is 0.0992. The van der Waals surface area contributed by atoms with Crippen LogP contribution in [-0.4, -0.2) is 87.3 Å². The first-order valence-corrected chi connectivity index (χ1v) is 20.3. The van der Waals surface area contributed by atoms with Gasteiger partial charge in [-0.25, -0.2) is 9.97 Å². The van der Waals surface area contributed by atoms with Crippen LogP contribution < -0.4 is 36.3 Å². The van der Waals surface area contributed by atoms with Crippen LogP contribution in [0.15, 0.2) is 126 Å². The number of ether oxygens (including phenoxy) is 2. The molecule has 0 spiro atoms. The fraction of sp³-hybridized carbons (Fsp3) is 0.190. The molecule has 0 aliphatic carbocycles. The summed E-state index contributed by atoms with van der Waals surface area (Å²) in [6.07, 6.45) is 8.04. The predicted octanol–water partition coefficient (Wildman–Crippen LogP) is 5.57. The summed E-state index contributed by atoms with van der Waals surface area (Å²) in [4.78, 5) is 44.3. The van der Waals surface area contributed by atoms with Crippen molar-refractivity contribution >= 4 is 75.0 Å². The molecule has 6 aromatic rings. The van der Waals surface area contributed by atoms with Gasteiger partial charge in [0.2, 0.25) is 11.8 Å². The number of carbonyl (C=O) groups excluding carboxylic acids is 2. The van der Waals surface area contributed by atoms with Gasteiger partial charge >= 0.3 is 7.12 Å². The Morgan fingerprint density at radius 1 is 0.667 bits per heavy atom. The fourth-order valence-electron chi connectivity index (χ4n) is 6.53. The van der Waals surface area contributed by atoms with E-state index in [0.29, 0.717) is 46.0 Å². The molecule has 60 heavy (non-hydrogen) atoms. The fourth-order valence-corrected chi connectivity index (χ4v) is 7.22. The Hall–Kier alpha value is -5.78. The third kappa shape index (κ3) is 11.7. The lowest BCUT2D eigenvalue weighted by Crippen LogP contribution is -2.31. The number of benzene rings is 2. The highest BCUT2D eigenvalue weighted by atomic mass is 79.9. The Labute approximate surface area is 365 Å². The van der Waals surface area contributed by atoms with Crippen LogP contribution >= 0.6 is 39.1 Å². The van der Waals surface area contributed by atoms with Crippen molar-refractivity contribution in [2.75, 3.05) is 36.0 Å². The normalized spacial score (nSPS) is 15.6. The number of primary amides is 2. The van der Waals surface area contributed by atoms with E-state index in [4.69, 9.17) is 54.2 Å². The number of nitrogens with zero attached hydrogens (tertiary/aromatic N) is 6. The molecule has 6 heterocycles. The van der Waals surface area contributed by atoms with E-state index in [0.717, 1.165) is 53.0 Å². The van der Waals surface area contributed by atoms with Gasteiger partial charge in [-0.2, -0.15) is 0 Å². The molecule has 2 atom stereocenters. The van der Waals surface area contributed by atoms with Gasteiger partial charge in [-0.1, -0.05) is 57.3 Å². The zero-order valence-electron chi connectivity index (χ0n) is 32.0. The molecule has 0 saturated carbocycles. The number of amides is 2. The van der Waals surface area contributed by atoms with Crippen LogP contribution in [0, 0.1) is 0 Å². The summed E-state index contributed by atoms with van der Waals surface area (Å²) in [5.74, 6) is -0.0491. The van der Waals surface area contributed by atoms with Gasteiger partial charge in [0.15, 0.2) is 0 Å². The SMILES string of the molecule is NC(=O)c1cc(-c2ccccn2)ccc1N1CC[C@@H](Oc2ncccc2Cl)C1.NC(=O)c1cc(Br)ccc1N1CC[C@@H](Oc2ncccc2Cl)C1.OB(O)c1ccccn1. The molecule has 0 radical (unpaired) electrons. The van der Waals surface area contributed by atoms with Crippen molar-refractivity contribution in [1.29, 1.82) is 0 Å². The highest BCUT2D eigenvalue weighted by Crippen LogP contribution is 2.32. The van der Waals surface area contributed by atoms with Gasteiger partial charge in [0.1, 0.15) is 22.3 Å². The smallest absolute Gasteiger partial charge is 0.471 e. The second kappa shape index (κ2) is 21.0. The van der Waals surface area contributed by atoms with E-state index in [-0.39, 0.29) is 17.8 Å². The van der Waals surface area contributed by atoms with Gasteiger partial charge in [0, 0.05) is 72.1 Å². The summed E-state index contributed by atoms with van der Waals surface area (Å²) in [7, 11) is -1.45. The van der Waals surface area contributed by atoms with E-state index in [1.54, 1.807) is 73.2 Å². The first-order valence-electron chi connectivity index (χ1n) is 18.7. The molecule has 4 aromatic heterocycles. The lowest BCUT2D eigenvalue weighted by Gasteiger charge is -2.22. The van der Waals surface area contributed by atoms with Crippen molar-refractivity contribution in [3.05, 3.63) is 147 Å². The molecule has 2 saturated heterocycles. The maximum absolute atomic E-state index is 12.1. The monoisotopic (exact) mass is 912 g/mol. The molecule has 2 amide bonds. The number of hydrogen-bond donors (Lipinski definition) is 4. The summed E-state index contributed by atoms with van der Waals surface area (Å²) in [5, 5.41) is 18.0. The first-order chi connectivity index (χ1) is 29.0. The van der Waals surface area contributed by atoms with Crippen molar-refractivity contribution < 1.29 is 29.1 Å². The molecular weight excluding hydrogens is 874 g/mol. The quantitative estimate of drug-likeness (QED) is 0.125. The summed E-state index contributed by atoms with van der Waals surface area (Å²) >= 11 is 15.6. The summed E-state index contributed by atoms with van der Waals surface area (Å²) < 4.78 is 12.6. The van der Waals surface area contributed by atoms with E-state index in [2.05, 4.69) is 45.7 Å². The molecule has 0 bridgehead atoms. The van der Waals surface area contributed by atoms with Crippen LogP contribution in [0.25, 0.3) is 11.3 Å². The highest BCUT2D eigenvalue weighted by molar-refractivity contribution is 9.10. The standard InChI is InChI=1S/C21H19ClN4O2.C16H15BrClN3O2.C5H6BNO2/c22-17-4-3-10-25-21(17)28-15-8-11-26(13-15)19-7-6-14(12-16(19)20(23)27)18-5-1-2-9-24-18;17-10-3-4-14(12(8-10)15(19)22)21-7-5-11(9-21)23-16-13(18)2-1-6-20-16;8-6(9)5-3-1-2-4-7-5/h1-7,9-10,12,15H,8,11,13H2,(H2,23,27);1-4,6,8,11H,5,7,9H2,(H2,19,22);1-4,8-9H/t15-;11-;/m11./s1. The second-order valence-corrected chi connectivity index (χ2v) is 15.2. The molecular formula is C42H40BBrCl2N8O6. The Morgan fingerprint density at radius 3 is 1.65 bits per heavy atom. The maximum Gasteiger partial charge on any atom is 0.508 e. The Morgan fingerprint density at radius 2 is 1.18 bits per heavy atom. The Bertz CT molecular complexity index is 2390. The summed E-state index contributed by atoms with van der Waals surface area (Å²) in [6.45, 7) is 2.79. The van der Waals surface area contributed by atoms with Gasteiger partial charge < -0.3 is 40.8 Å². The van der Waals surface area contributed by atoms with Crippen molar-refractivity contribution in [3.8, 4) is 23.0 Å². The maximum atomic E-state index is 12.1.